The fraction of sp³-hybridized carbons (Fsp3) is 0.529. The molecule has 26 heavy (non-hydrogen) atoms. The van der Waals surface area contributed by atoms with Crippen LogP contribution in [0.4, 0.5) is 4.79 Å². The monoisotopic (exact) mass is 383 g/mol. The number of carbonyl (C=O) groups is 2. The maximum absolute atomic E-state index is 12.4. The van der Waals surface area contributed by atoms with E-state index in [4.69, 9.17) is 4.74 Å². The van der Waals surface area contributed by atoms with E-state index in [0.717, 1.165) is 4.31 Å². The number of hydrogen-bond donors (Lipinski definition) is 1. The lowest BCUT2D eigenvalue weighted by molar-refractivity contribution is -0.122. The van der Waals surface area contributed by atoms with Crippen LogP contribution in [0.3, 0.4) is 0 Å². The number of likely N-dealkylation sites (N-methyl/N-ethyl adjacent to an activating group) is 1. The smallest absolute Gasteiger partial charge is 0.409 e. The van der Waals surface area contributed by atoms with Crippen molar-refractivity contribution in [1.82, 2.24) is 14.5 Å². The number of rotatable bonds is 6. The number of carbonyl (C=O) groups excluding carboxylic acids is 2. The van der Waals surface area contributed by atoms with Gasteiger partial charge in [0.1, 0.15) is 0 Å². The summed E-state index contributed by atoms with van der Waals surface area (Å²) in [6, 6.07) is 7.91. The molecule has 0 atom stereocenters. The van der Waals surface area contributed by atoms with E-state index in [1.165, 1.54) is 19.2 Å². The van der Waals surface area contributed by atoms with E-state index < -0.39 is 10.0 Å². The molecule has 144 valence electrons. The van der Waals surface area contributed by atoms with Gasteiger partial charge in [0.25, 0.3) is 0 Å². The average Bonchev–Trinajstić information content (AvgIpc) is 2.63. The molecule has 0 radical (unpaired) electrons. The first-order chi connectivity index (χ1) is 12.3. The predicted molar refractivity (Wildman–Crippen MR) is 96.0 cm³/mol. The summed E-state index contributed by atoms with van der Waals surface area (Å²) in [4.78, 5) is 25.6. The Hall–Kier alpha value is -2.13. The Morgan fingerprint density at radius 2 is 1.85 bits per heavy atom. The predicted octanol–water partition coefficient (Wildman–Crippen LogP) is 1.04. The molecule has 1 fully saturated rings. The zero-order valence-electron chi connectivity index (χ0n) is 15.1. The van der Waals surface area contributed by atoms with Gasteiger partial charge in [-0.05, 0) is 31.9 Å². The molecular weight excluding hydrogens is 358 g/mol. The van der Waals surface area contributed by atoms with Gasteiger partial charge in [-0.25, -0.2) is 13.2 Å². The molecular formula is C17H25N3O5S. The molecule has 0 aromatic heterocycles. The van der Waals surface area contributed by atoms with Gasteiger partial charge in [-0.3, -0.25) is 4.79 Å². The molecule has 9 heteroatoms. The van der Waals surface area contributed by atoms with Gasteiger partial charge in [-0.1, -0.05) is 18.2 Å². The lowest BCUT2D eigenvalue weighted by Gasteiger charge is -2.31. The highest BCUT2D eigenvalue weighted by molar-refractivity contribution is 7.89. The molecule has 1 heterocycles. The first-order valence-corrected chi connectivity index (χ1v) is 10.0. The Morgan fingerprint density at radius 3 is 2.42 bits per heavy atom. The van der Waals surface area contributed by atoms with Gasteiger partial charge >= 0.3 is 6.09 Å². The van der Waals surface area contributed by atoms with Crippen LogP contribution in [0.5, 0.6) is 0 Å². The highest BCUT2D eigenvalue weighted by atomic mass is 32.2. The molecule has 0 aliphatic carbocycles. The fourth-order valence-electron chi connectivity index (χ4n) is 2.75. The third-order valence-corrected chi connectivity index (χ3v) is 6.02. The van der Waals surface area contributed by atoms with E-state index in [1.54, 1.807) is 30.0 Å². The van der Waals surface area contributed by atoms with Crippen molar-refractivity contribution in [3.8, 4) is 0 Å². The molecule has 0 spiro atoms. The molecule has 8 nitrogen and oxygen atoms in total. The Bertz CT molecular complexity index is 715. The van der Waals surface area contributed by atoms with Crippen molar-refractivity contribution in [3.63, 3.8) is 0 Å². The molecule has 2 amide bonds. The first kappa shape index (κ1) is 20.2. The summed E-state index contributed by atoms with van der Waals surface area (Å²) in [5, 5.41) is 2.84. The summed E-state index contributed by atoms with van der Waals surface area (Å²) in [6.07, 6.45) is 0.880. The normalized spacial score (nSPS) is 15.7. The zero-order chi connectivity index (χ0) is 19.2. The number of likely N-dealkylation sites (tertiary alicyclic amines) is 1. The van der Waals surface area contributed by atoms with Crippen molar-refractivity contribution in [1.29, 1.82) is 0 Å². The van der Waals surface area contributed by atoms with Crippen LogP contribution in [0, 0.1) is 0 Å². The van der Waals surface area contributed by atoms with Crippen LogP contribution < -0.4 is 5.32 Å². The second-order valence-corrected chi connectivity index (χ2v) is 8.15. The third-order valence-electron chi connectivity index (χ3n) is 4.20. The number of piperidine rings is 1. The number of ether oxygens (including phenoxy) is 1. The summed E-state index contributed by atoms with van der Waals surface area (Å²) in [5.74, 6) is -0.360. The summed E-state index contributed by atoms with van der Waals surface area (Å²) in [5.41, 5.74) is 0. The lowest BCUT2D eigenvalue weighted by atomic mass is 10.1. The molecule has 1 N–H and O–H groups in total. The largest absolute Gasteiger partial charge is 0.450 e. The van der Waals surface area contributed by atoms with Gasteiger partial charge in [-0.15, -0.1) is 0 Å². The topological polar surface area (TPSA) is 96.0 Å². The van der Waals surface area contributed by atoms with E-state index in [9.17, 15) is 18.0 Å². The Morgan fingerprint density at radius 1 is 1.23 bits per heavy atom. The highest BCUT2D eigenvalue weighted by Crippen LogP contribution is 2.14. The van der Waals surface area contributed by atoms with Gasteiger partial charge in [0.15, 0.2) is 0 Å². The van der Waals surface area contributed by atoms with Gasteiger partial charge in [0, 0.05) is 26.2 Å². The van der Waals surface area contributed by atoms with Crippen LogP contribution in [0.25, 0.3) is 0 Å². The number of nitrogens with zero attached hydrogens (tertiary/aromatic N) is 2. The Balaban J connectivity index is 1.83. The van der Waals surface area contributed by atoms with Gasteiger partial charge in [-0.2, -0.15) is 4.31 Å². The molecule has 1 aromatic rings. The number of benzene rings is 1. The van der Waals surface area contributed by atoms with Crippen molar-refractivity contribution in [2.75, 3.05) is 33.3 Å². The van der Waals surface area contributed by atoms with Gasteiger partial charge in [0.2, 0.25) is 15.9 Å². The van der Waals surface area contributed by atoms with E-state index >= 15 is 0 Å². The second-order valence-electron chi connectivity index (χ2n) is 6.10. The minimum atomic E-state index is -3.70. The van der Waals surface area contributed by atoms with E-state index in [-0.39, 0.29) is 29.5 Å². The van der Waals surface area contributed by atoms with Crippen LogP contribution in [-0.2, 0) is 19.6 Å². The average molecular weight is 383 g/mol. The van der Waals surface area contributed by atoms with Crippen molar-refractivity contribution in [2.24, 2.45) is 0 Å². The van der Waals surface area contributed by atoms with Crippen LogP contribution in [0.15, 0.2) is 35.2 Å². The molecule has 0 saturated carbocycles. The van der Waals surface area contributed by atoms with Crippen molar-refractivity contribution < 1.29 is 22.7 Å². The number of sulfonamides is 1. The minimum absolute atomic E-state index is 0.0824. The minimum Gasteiger partial charge on any atom is -0.450 e. The zero-order valence-corrected chi connectivity index (χ0v) is 15.9. The molecule has 1 aromatic carbocycles. The molecule has 1 aliphatic heterocycles. The van der Waals surface area contributed by atoms with Gasteiger partial charge in [0.05, 0.1) is 18.0 Å². The lowest BCUT2D eigenvalue weighted by Crippen LogP contribution is -2.49. The van der Waals surface area contributed by atoms with Crippen molar-refractivity contribution >= 4 is 22.0 Å². The number of nitrogens with one attached hydrogen (secondary N) is 1. The van der Waals surface area contributed by atoms with Crippen LogP contribution in [-0.4, -0.2) is 69.0 Å². The Labute approximate surface area is 154 Å². The van der Waals surface area contributed by atoms with Crippen molar-refractivity contribution in [3.05, 3.63) is 30.3 Å². The van der Waals surface area contributed by atoms with E-state index in [0.29, 0.717) is 32.5 Å². The summed E-state index contributed by atoms with van der Waals surface area (Å²) in [6.45, 7) is 2.84. The highest BCUT2D eigenvalue weighted by Gasteiger charge is 2.27. The number of hydrogen-bond acceptors (Lipinski definition) is 5. The van der Waals surface area contributed by atoms with E-state index in [1.807, 2.05) is 0 Å². The molecule has 0 unspecified atom stereocenters. The SMILES string of the molecule is CCOC(=O)N1CCC(NC(=O)CN(C)S(=O)(=O)c2ccccc2)CC1. The van der Waals surface area contributed by atoms with Gasteiger partial charge < -0.3 is 15.0 Å². The van der Waals surface area contributed by atoms with E-state index in [2.05, 4.69) is 5.32 Å². The van der Waals surface area contributed by atoms with Crippen LogP contribution in [0.2, 0.25) is 0 Å². The summed E-state index contributed by atoms with van der Waals surface area (Å²) < 4.78 is 30.8. The van der Waals surface area contributed by atoms with Crippen molar-refractivity contribution in [2.45, 2.75) is 30.7 Å². The Kier molecular flexibility index (Phi) is 6.98. The number of amides is 2. The molecule has 1 saturated heterocycles. The molecule has 0 bridgehead atoms. The third kappa shape index (κ3) is 5.18. The maximum Gasteiger partial charge on any atom is 0.409 e. The standard InChI is InChI=1S/C17H25N3O5S/c1-3-25-17(22)20-11-9-14(10-12-20)18-16(21)13-19(2)26(23,24)15-7-5-4-6-8-15/h4-8,14H,3,9-13H2,1-2H3,(H,18,21). The fourth-order valence-corrected chi connectivity index (χ4v) is 3.90. The van der Waals surface area contributed by atoms with Crippen LogP contribution in [0.1, 0.15) is 19.8 Å². The molecule has 1 aliphatic rings. The molecule has 2 rings (SSSR count). The summed E-state index contributed by atoms with van der Waals surface area (Å²) >= 11 is 0. The second kappa shape index (κ2) is 9.00. The first-order valence-electron chi connectivity index (χ1n) is 8.57. The van der Waals surface area contributed by atoms with Crippen LogP contribution >= 0.6 is 0 Å². The quantitative estimate of drug-likeness (QED) is 0.792. The maximum atomic E-state index is 12.4. The summed E-state index contributed by atoms with van der Waals surface area (Å²) in [7, 11) is -2.32.